The van der Waals surface area contributed by atoms with Gasteiger partial charge in [-0.05, 0) is 42.8 Å². The van der Waals surface area contributed by atoms with E-state index in [4.69, 9.17) is 14.2 Å². The van der Waals surface area contributed by atoms with Crippen LogP contribution in [0.4, 0.5) is 5.69 Å². The van der Waals surface area contributed by atoms with E-state index in [1.54, 1.807) is 13.3 Å². The van der Waals surface area contributed by atoms with Crippen molar-refractivity contribution in [3.63, 3.8) is 0 Å². The highest BCUT2D eigenvalue weighted by Crippen LogP contribution is 2.32. The molecule has 3 aromatic rings. The number of para-hydroxylation sites is 1. The standard InChI is InChI=1S/C19H17N3O3/c1-12-8-15(14-4-3-5-17(23-2)19(14)21-12)22-20-10-13-6-7-16-18(9-13)25-11-24-16/h3-10H,11H2,1-2H3,(H,21,22)/b20-10+. The third-order valence-corrected chi connectivity index (χ3v) is 3.95. The Morgan fingerprint density at radius 2 is 2.04 bits per heavy atom. The number of methoxy groups -OCH3 is 1. The van der Waals surface area contributed by atoms with Gasteiger partial charge in [0.05, 0.1) is 19.0 Å². The largest absolute Gasteiger partial charge is 0.494 e. The van der Waals surface area contributed by atoms with Gasteiger partial charge in [-0.2, -0.15) is 5.10 Å². The van der Waals surface area contributed by atoms with Gasteiger partial charge in [-0.25, -0.2) is 4.98 Å². The zero-order chi connectivity index (χ0) is 17.2. The summed E-state index contributed by atoms with van der Waals surface area (Å²) < 4.78 is 16.1. The van der Waals surface area contributed by atoms with E-state index in [9.17, 15) is 0 Å². The second kappa shape index (κ2) is 6.32. The normalized spacial score (nSPS) is 12.7. The summed E-state index contributed by atoms with van der Waals surface area (Å²) >= 11 is 0. The lowest BCUT2D eigenvalue weighted by Crippen LogP contribution is -1.96. The molecule has 0 spiro atoms. The molecular weight excluding hydrogens is 318 g/mol. The Kier molecular flexibility index (Phi) is 3.85. The summed E-state index contributed by atoms with van der Waals surface area (Å²) in [6, 6.07) is 13.5. The summed E-state index contributed by atoms with van der Waals surface area (Å²) in [4.78, 5) is 4.57. The topological polar surface area (TPSA) is 65.0 Å². The summed E-state index contributed by atoms with van der Waals surface area (Å²) in [6.45, 7) is 2.21. The third kappa shape index (κ3) is 2.94. The van der Waals surface area contributed by atoms with Gasteiger partial charge in [0.2, 0.25) is 6.79 Å². The van der Waals surface area contributed by atoms with Gasteiger partial charge in [-0.15, -0.1) is 0 Å². The summed E-state index contributed by atoms with van der Waals surface area (Å²) in [7, 11) is 1.64. The molecule has 0 aliphatic carbocycles. The molecule has 0 saturated carbocycles. The smallest absolute Gasteiger partial charge is 0.231 e. The van der Waals surface area contributed by atoms with Gasteiger partial charge in [0.25, 0.3) is 0 Å². The Labute approximate surface area is 145 Å². The minimum Gasteiger partial charge on any atom is -0.494 e. The number of hydrazone groups is 1. The van der Waals surface area contributed by atoms with E-state index in [-0.39, 0.29) is 6.79 Å². The van der Waals surface area contributed by atoms with Crippen molar-refractivity contribution in [2.24, 2.45) is 5.10 Å². The number of nitrogens with zero attached hydrogens (tertiary/aromatic N) is 2. The number of aromatic nitrogens is 1. The van der Waals surface area contributed by atoms with Crippen molar-refractivity contribution in [3.8, 4) is 17.2 Å². The number of aryl methyl sites for hydroxylation is 1. The molecule has 1 aliphatic rings. The second-order valence-electron chi connectivity index (χ2n) is 5.65. The Morgan fingerprint density at radius 1 is 1.16 bits per heavy atom. The fourth-order valence-electron chi connectivity index (χ4n) is 2.78. The number of ether oxygens (including phenoxy) is 3. The molecule has 25 heavy (non-hydrogen) atoms. The maximum absolute atomic E-state index is 5.40. The molecule has 0 atom stereocenters. The van der Waals surface area contributed by atoms with E-state index in [0.29, 0.717) is 0 Å². The van der Waals surface area contributed by atoms with Gasteiger partial charge >= 0.3 is 0 Å². The third-order valence-electron chi connectivity index (χ3n) is 3.95. The Bertz CT molecular complexity index is 970. The van der Waals surface area contributed by atoms with E-state index in [1.807, 2.05) is 49.4 Å². The van der Waals surface area contributed by atoms with Gasteiger partial charge < -0.3 is 14.2 Å². The lowest BCUT2D eigenvalue weighted by molar-refractivity contribution is 0.174. The van der Waals surface area contributed by atoms with Gasteiger partial charge in [-0.3, -0.25) is 5.43 Å². The molecule has 0 unspecified atom stereocenters. The highest BCUT2D eigenvalue weighted by atomic mass is 16.7. The highest BCUT2D eigenvalue weighted by molar-refractivity contribution is 5.95. The van der Waals surface area contributed by atoms with Crippen molar-refractivity contribution in [1.82, 2.24) is 4.98 Å². The summed E-state index contributed by atoms with van der Waals surface area (Å²) in [5.41, 5.74) is 6.59. The van der Waals surface area contributed by atoms with Crippen molar-refractivity contribution in [3.05, 3.63) is 53.7 Å². The minimum atomic E-state index is 0.262. The molecule has 0 bridgehead atoms. The first-order valence-electron chi connectivity index (χ1n) is 7.88. The van der Waals surface area contributed by atoms with Crippen molar-refractivity contribution in [2.45, 2.75) is 6.92 Å². The van der Waals surface area contributed by atoms with Crippen LogP contribution in [0.1, 0.15) is 11.3 Å². The Hall–Kier alpha value is -3.28. The Morgan fingerprint density at radius 3 is 2.92 bits per heavy atom. The fourth-order valence-corrected chi connectivity index (χ4v) is 2.78. The quantitative estimate of drug-likeness (QED) is 0.581. The number of rotatable bonds is 4. The molecule has 1 aliphatic heterocycles. The van der Waals surface area contributed by atoms with Crippen LogP contribution in [0.2, 0.25) is 0 Å². The maximum atomic E-state index is 5.40. The summed E-state index contributed by atoms with van der Waals surface area (Å²) in [5.74, 6) is 2.23. The highest BCUT2D eigenvalue weighted by Gasteiger charge is 2.12. The van der Waals surface area contributed by atoms with E-state index in [2.05, 4.69) is 15.5 Å². The second-order valence-corrected chi connectivity index (χ2v) is 5.65. The first-order valence-corrected chi connectivity index (χ1v) is 7.88. The van der Waals surface area contributed by atoms with Crippen molar-refractivity contribution in [2.75, 3.05) is 19.3 Å². The first-order chi connectivity index (χ1) is 12.2. The van der Waals surface area contributed by atoms with Gasteiger partial charge in [0.15, 0.2) is 11.5 Å². The van der Waals surface area contributed by atoms with Crippen LogP contribution in [-0.4, -0.2) is 25.1 Å². The monoisotopic (exact) mass is 335 g/mol. The van der Waals surface area contributed by atoms with Gasteiger partial charge in [0.1, 0.15) is 11.3 Å². The van der Waals surface area contributed by atoms with Crippen molar-refractivity contribution in [1.29, 1.82) is 0 Å². The Balaban J connectivity index is 1.62. The molecule has 2 aromatic carbocycles. The summed E-state index contributed by atoms with van der Waals surface area (Å²) in [5, 5.41) is 5.30. The predicted molar refractivity (Wildman–Crippen MR) is 96.8 cm³/mol. The number of fused-ring (bicyclic) bond motifs is 2. The molecule has 1 N–H and O–H groups in total. The average molecular weight is 335 g/mol. The molecule has 0 fully saturated rings. The van der Waals surface area contributed by atoms with E-state index in [1.165, 1.54) is 0 Å². The molecule has 0 saturated heterocycles. The molecular formula is C19H17N3O3. The van der Waals surface area contributed by atoms with E-state index < -0.39 is 0 Å². The van der Waals surface area contributed by atoms with Crippen molar-refractivity contribution < 1.29 is 14.2 Å². The molecule has 0 radical (unpaired) electrons. The van der Waals surface area contributed by atoms with Crippen LogP contribution in [0.15, 0.2) is 47.6 Å². The number of pyridine rings is 1. The predicted octanol–water partition coefficient (Wildman–Crippen LogP) is 3.73. The SMILES string of the molecule is COc1cccc2c(N/N=C/c3ccc4c(c3)OCO4)cc(C)nc12. The van der Waals surface area contributed by atoms with E-state index >= 15 is 0 Å². The number of anilines is 1. The number of hydrogen-bond acceptors (Lipinski definition) is 6. The number of benzene rings is 2. The lowest BCUT2D eigenvalue weighted by Gasteiger charge is -2.10. The molecule has 126 valence electrons. The average Bonchev–Trinajstić information content (AvgIpc) is 3.09. The summed E-state index contributed by atoms with van der Waals surface area (Å²) in [6.07, 6.45) is 1.74. The molecule has 4 rings (SSSR count). The van der Waals surface area contributed by atoms with Crippen LogP contribution in [0.3, 0.4) is 0 Å². The number of nitrogens with one attached hydrogen (secondary N) is 1. The van der Waals surface area contributed by atoms with Crippen LogP contribution < -0.4 is 19.6 Å². The van der Waals surface area contributed by atoms with Gasteiger partial charge in [0, 0.05) is 11.1 Å². The molecule has 6 heteroatoms. The lowest BCUT2D eigenvalue weighted by atomic mass is 10.1. The van der Waals surface area contributed by atoms with Crippen LogP contribution in [-0.2, 0) is 0 Å². The van der Waals surface area contributed by atoms with Crippen LogP contribution in [0, 0.1) is 6.92 Å². The zero-order valence-electron chi connectivity index (χ0n) is 13.9. The van der Waals surface area contributed by atoms with Crippen LogP contribution >= 0.6 is 0 Å². The molecule has 0 amide bonds. The molecule has 6 nitrogen and oxygen atoms in total. The van der Waals surface area contributed by atoms with E-state index in [0.717, 1.165) is 45.1 Å². The minimum absolute atomic E-state index is 0.262. The van der Waals surface area contributed by atoms with Crippen LogP contribution in [0.25, 0.3) is 10.9 Å². The van der Waals surface area contributed by atoms with Crippen LogP contribution in [0.5, 0.6) is 17.2 Å². The number of hydrogen-bond donors (Lipinski definition) is 1. The van der Waals surface area contributed by atoms with Crippen molar-refractivity contribution >= 4 is 22.8 Å². The van der Waals surface area contributed by atoms with Gasteiger partial charge in [-0.1, -0.05) is 12.1 Å². The molecule has 1 aromatic heterocycles. The molecule has 2 heterocycles. The first kappa shape index (κ1) is 15.3. The fraction of sp³-hybridized carbons (Fsp3) is 0.158. The zero-order valence-corrected chi connectivity index (χ0v) is 13.9. The maximum Gasteiger partial charge on any atom is 0.231 e.